The maximum atomic E-state index is 11.9. The maximum Gasteiger partial charge on any atom is 0.472 e. The van der Waals surface area contributed by atoms with Crippen LogP contribution in [0.2, 0.25) is 0 Å². The monoisotopic (exact) mass is 551 g/mol. The highest BCUT2D eigenvalue weighted by Crippen LogP contribution is 2.43. The quantitative estimate of drug-likeness (QED) is 0.0632. The highest BCUT2D eigenvalue weighted by Gasteiger charge is 2.19. The van der Waals surface area contributed by atoms with E-state index >= 15 is 0 Å². The fourth-order valence-electron chi connectivity index (χ4n) is 4.28. The van der Waals surface area contributed by atoms with Gasteiger partial charge in [0.1, 0.15) is 0 Å². The molecule has 37 heavy (non-hydrogen) atoms. The van der Waals surface area contributed by atoms with Crippen LogP contribution in [0.5, 0.6) is 0 Å². The molecule has 0 saturated carbocycles. The second-order valence-electron chi connectivity index (χ2n) is 10.4. The van der Waals surface area contributed by atoms with E-state index in [9.17, 15) is 9.46 Å². The summed E-state index contributed by atoms with van der Waals surface area (Å²) < 4.78 is 22.2. The van der Waals surface area contributed by atoms with Gasteiger partial charge in [-0.25, -0.2) is 4.57 Å². The number of unbranched alkanes of at least 4 members (excludes halogenated alkanes) is 22. The van der Waals surface area contributed by atoms with E-state index in [1.165, 1.54) is 128 Å². The fraction of sp³-hybridized carbons (Fsp3) is 1.00. The van der Waals surface area contributed by atoms with Crippen LogP contribution in [0, 0.1) is 0 Å². The molecule has 0 fully saturated rings. The topological polar surface area (TPSA) is 102 Å². The Labute approximate surface area is 231 Å². The summed E-state index contributed by atoms with van der Waals surface area (Å²) in [6.07, 6.45) is 30.6. The molecular weight excluding hydrogens is 485 g/mol. The van der Waals surface area contributed by atoms with Crippen molar-refractivity contribution in [1.82, 2.24) is 0 Å². The van der Waals surface area contributed by atoms with Crippen molar-refractivity contribution in [3.8, 4) is 0 Å². The molecule has 0 aromatic rings. The average Bonchev–Trinajstić information content (AvgIpc) is 2.89. The highest BCUT2D eigenvalue weighted by molar-refractivity contribution is 7.47. The first kappa shape index (κ1) is 39.2. The van der Waals surface area contributed by atoms with Gasteiger partial charge in [0.2, 0.25) is 0 Å². The number of aliphatic hydroxyl groups is 1. The Balaban J connectivity index is 0. The third-order valence-electron chi connectivity index (χ3n) is 6.63. The van der Waals surface area contributed by atoms with Crippen LogP contribution in [0.15, 0.2) is 0 Å². The molecule has 0 heterocycles. The van der Waals surface area contributed by atoms with Crippen molar-refractivity contribution in [2.24, 2.45) is 5.73 Å². The van der Waals surface area contributed by atoms with Gasteiger partial charge in [-0.1, -0.05) is 155 Å². The number of hydrogen-bond donors (Lipinski definition) is 3. The van der Waals surface area contributed by atoms with Gasteiger partial charge in [-0.15, -0.1) is 0 Å². The molecule has 0 aliphatic rings. The minimum absolute atomic E-state index is 0.0972. The van der Waals surface area contributed by atoms with Gasteiger partial charge in [-0.05, 0) is 12.8 Å². The molecule has 0 spiro atoms. The van der Waals surface area contributed by atoms with Gasteiger partial charge >= 0.3 is 7.82 Å². The summed E-state index contributed by atoms with van der Waals surface area (Å²) in [7, 11) is -3.86. The Morgan fingerprint density at radius 2 is 0.730 bits per heavy atom. The van der Waals surface area contributed by atoms with E-state index in [-0.39, 0.29) is 6.61 Å². The molecule has 0 amide bonds. The van der Waals surface area contributed by atoms with Crippen LogP contribution in [0.1, 0.15) is 168 Å². The van der Waals surface area contributed by atoms with Gasteiger partial charge < -0.3 is 15.7 Å². The first-order valence-electron chi connectivity index (χ1n) is 16.0. The number of aliphatic hydroxyl groups excluding tert-OH is 1. The summed E-state index contributed by atoms with van der Waals surface area (Å²) in [5.74, 6) is 0. The number of hydrogen-bond acceptors (Lipinski definition) is 5. The minimum Gasteiger partial charge on any atom is -0.395 e. The van der Waals surface area contributed by atoms with Gasteiger partial charge in [0.25, 0.3) is 0 Å². The number of phosphoric acid groups is 1. The molecule has 0 saturated heterocycles. The molecule has 0 bridgehead atoms. The zero-order valence-corrected chi connectivity index (χ0v) is 25.8. The molecule has 0 aromatic heterocycles. The van der Waals surface area contributed by atoms with E-state index in [2.05, 4.69) is 13.8 Å². The Morgan fingerprint density at radius 3 is 0.946 bits per heavy atom. The van der Waals surface area contributed by atoms with Crippen molar-refractivity contribution < 1.29 is 23.6 Å². The first-order chi connectivity index (χ1) is 18.0. The van der Waals surface area contributed by atoms with Gasteiger partial charge in [-0.3, -0.25) is 9.05 Å². The second-order valence-corrected chi connectivity index (χ2v) is 11.9. The third kappa shape index (κ3) is 38.2. The average molecular weight is 552 g/mol. The maximum absolute atomic E-state index is 11.9. The van der Waals surface area contributed by atoms with Crippen LogP contribution >= 0.6 is 7.82 Å². The van der Waals surface area contributed by atoms with Crippen molar-refractivity contribution in [1.29, 1.82) is 0 Å². The van der Waals surface area contributed by atoms with Crippen LogP contribution in [-0.2, 0) is 13.6 Å². The summed E-state index contributed by atoms with van der Waals surface area (Å²) in [5, 5.41) is 7.75. The molecule has 226 valence electrons. The molecule has 6 nitrogen and oxygen atoms in total. The second kappa shape index (κ2) is 34.1. The Bertz CT molecular complexity index is 418. The zero-order chi connectivity index (χ0) is 27.7. The molecule has 0 aromatic carbocycles. The zero-order valence-electron chi connectivity index (χ0n) is 24.9. The smallest absolute Gasteiger partial charge is 0.395 e. The Morgan fingerprint density at radius 1 is 0.514 bits per heavy atom. The van der Waals surface area contributed by atoms with E-state index < -0.39 is 7.82 Å². The van der Waals surface area contributed by atoms with Crippen molar-refractivity contribution in [3.63, 3.8) is 0 Å². The molecule has 0 aliphatic heterocycles. The molecular formula is C30H66NO5P. The van der Waals surface area contributed by atoms with E-state index in [0.29, 0.717) is 19.8 Å². The van der Waals surface area contributed by atoms with Crippen molar-refractivity contribution >= 4 is 7.82 Å². The lowest BCUT2D eigenvalue weighted by atomic mass is 10.1. The Kier molecular flexibility index (Phi) is 36.1. The van der Waals surface area contributed by atoms with E-state index in [1.807, 2.05) is 0 Å². The summed E-state index contributed by atoms with van der Waals surface area (Å²) in [6.45, 7) is 5.64. The minimum atomic E-state index is -3.86. The summed E-state index contributed by atoms with van der Waals surface area (Å²) >= 11 is 0. The highest BCUT2D eigenvalue weighted by atomic mass is 31.2. The Hall–Kier alpha value is 0.0300. The van der Waals surface area contributed by atoms with E-state index in [4.69, 9.17) is 19.9 Å². The van der Waals surface area contributed by atoms with Gasteiger partial charge in [0.15, 0.2) is 0 Å². The fourth-order valence-corrected chi connectivity index (χ4v) is 5.08. The molecule has 0 rings (SSSR count). The SMILES string of the molecule is CCCCCCCCCCCCCCOP(=O)(O)OCCCCCCCCCCCCCC.NCCO. The van der Waals surface area contributed by atoms with Crippen molar-refractivity contribution in [2.75, 3.05) is 26.4 Å². The number of nitrogens with two attached hydrogens (primary N) is 1. The van der Waals surface area contributed by atoms with Gasteiger partial charge in [0, 0.05) is 6.54 Å². The van der Waals surface area contributed by atoms with Crippen LogP contribution in [0.3, 0.4) is 0 Å². The van der Waals surface area contributed by atoms with E-state index in [1.54, 1.807) is 0 Å². The predicted molar refractivity (Wildman–Crippen MR) is 160 cm³/mol. The summed E-state index contributed by atoms with van der Waals surface area (Å²) in [4.78, 5) is 9.78. The summed E-state index contributed by atoms with van der Waals surface area (Å²) in [5.41, 5.74) is 4.78. The lowest BCUT2D eigenvalue weighted by molar-refractivity contribution is 0.145. The molecule has 0 radical (unpaired) electrons. The van der Waals surface area contributed by atoms with Crippen LogP contribution in [-0.4, -0.2) is 36.4 Å². The van der Waals surface area contributed by atoms with Crippen LogP contribution < -0.4 is 5.73 Å². The summed E-state index contributed by atoms with van der Waals surface area (Å²) in [6, 6.07) is 0. The molecule has 7 heteroatoms. The number of rotatable bonds is 29. The first-order valence-corrected chi connectivity index (χ1v) is 17.5. The van der Waals surface area contributed by atoms with E-state index in [0.717, 1.165) is 25.7 Å². The van der Waals surface area contributed by atoms with Gasteiger partial charge in [-0.2, -0.15) is 0 Å². The van der Waals surface area contributed by atoms with Gasteiger partial charge in [0.05, 0.1) is 19.8 Å². The number of phosphoric ester groups is 1. The predicted octanol–water partition coefficient (Wildman–Crippen LogP) is 9.46. The standard InChI is InChI=1S/C28H59O4P.C2H7NO/c1-3-5-7-9-11-13-15-17-19-21-23-25-27-31-33(29,30)32-28-26-24-22-20-18-16-14-12-10-8-6-4-2;3-1-2-4/h3-28H2,1-2H3,(H,29,30);4H,1-3H2. The third-order valence-corrected chi connectivity index (χ3v) is 7.65. The largest absolute Gasteiger partial charge is 0.472 e. The normalized spacial score (nSPS) is 11.5. The van der Waals surface area contributed by atoms with Crippen LogP contribution in [0.4, 0.5) is 0 Å². The van der Waals surface area contributed by atoms with Crippen LogP contribution in [0.25, 0.3) is 0 Å². The van der Waals surface area contributed by atoms with Crippen molar-refractivity contribution in [3.05, 3.63) is 0 Å². The molecule has 4 N–H and O–H groups in total. The lowest BCUT2D eigenvalue weighted by Crippen LogP contribution is -2.02. The van der Waals surface area contributed by atoms with Crippen molar-refractivity contribution in [2.45, 2.75) is 168 Å². The molecule has 0 aliphatic carbocycles. The lowest BCUT2D eigenvalue weighted by Gasteiger charge is -2.12. The molecule has 0 atom stereocenters. The molecule has 0 unspecified atom stereocenters.